The van der Waals surface area contributed by atoms with Crippen LogP contribution in [0.4, 0.5) is 0 Å². The Morgan fingerprint density at radius 2 is 1.81 bits per heavy atom. The third kappa shape index (κ3) is 3.59. The second-order valence-corrected chi connectivity index (χ2v) is 6.21. The van der Waals surface area contributed by atoms with E-state index in [-0.39, 0.29) is 22.6 Å². The maximum atomic E-state index is 12.6. The number of cyclic esters (lactones) is 1. The summed E-state index contributed by atoms with van der Waals surface area (Å²) in [5.74, 6) is -0.475. The van der Waals surface area contributed by atoms with Gasteiger partial charge in [0.1, 0.15) is 11.8 Å². The van der Waals surface area contributed by atoms with Crippen LogP contribution in [0.1, 0.15) is 11.1 Å². The Bertz CT molecular complexity index is 1190. The van der Waals surface area contributed by atoms with Crippen LogP contribution in [0, 0.1) is 0 Å². The van der Waals surface area contributed by atoms with Crippen molar-refractivity contribution >= 4 is 46.6 Å². The average molecular weight is 378 g/mol. The van der Waals surface area contributed by atoms with Crippen molar-refractivity contribution in [1.82, 2.24) is 0 Å². The molecule has 0 fully saturated rings. The highest BCUT2D eigenvalue weighted by Gasteiger charge is 2.22. The molecule has 2 aromatic carbocycles. The van der Waals surface area contributed by atoms with Gasteiger partial charge in [-0.05, 0) is 35.9 Å². The first-order valence-corrected chi connectivity index (χ1v) is 8.45. The van der Waals surface area contributed by atoms with Crippen molar-refractivity contribution in [3.63, 3.8) is 0 Å². The van der Waals surface area contributed by atoms with Gasteiger partial charge in [-0.15, -0.1) is 0 Å². The second kappa shape index (κ2) is 7.05. The third-order valence-electron chi connectivity index (χ3n) is 3.91. The van der Waals surface area contributed by atoms with Crippen LogP contribution in [0.25, 0.3) is 23.1 Å². The minimum Gasteiger partial charge on any atom is -0.463 e. The van der Waals surface area contributed by atoms with E-state index in [0.717, 1.165) is 5.56 Å². The average Bonchev–Trinajstić information content (AvgIpc) is 3.03. The molecule has 0 spiro atoms. The lowest BCUT2D eigenvalue weighted by Gasteiger charge is -1.99. The lowest BCUT2D eigenvalue weighted by molar-refractivity contribution is -0.129. The molecule has 0 bridgehead atoms. The molecule has 132 valence electrons. The molecule has 0 unspecified atom stereocenters. The molecular weight excluding hydrogens is 366 g/mol. The van der Waals surface area contributed by atoms with Crippen molar-refractivity contribution in [3.05, 3.63) is 92.9 Å². The molecule has 27 heavy (non-hydrogen) atoms. The maximum Gasteiger partial charge on any atom is 0.363 e. The first kappa shape index (κ1) is 17.0. The topological polar surface area (TPSA) is 68.9 Å². The molecule has 6 heteroatoms. The van der Waals surface area contributed by atoms with Gasteiger partial charge in [-0.1, -0.05) is 41.9 Å². The van der Waals surface area contributed by atoms with Gasteiger partial charge in [-0.25, -0.2) is 9.79 Å². The van der Waals surface area contributed by atoms with E-state index in [2.05, 4.69) is 4.99 Å². The van der Waals surface area contributed by atoms with Gasteiger partial charge in [0.05, 0.1) is 10.9 Å². The normalized spacial score (nSPS) is 15.5. The lowest BCUT2D eigenvalue weighted by Crippen LogP contribution is -2.06. The quantitative estimate of drug-likeness (QED) is 0.499. The Morgan fingerprint density at radius 1 is 1.00 bits per heavy atom. The molecule has 1 aromatic heterocycles. The molecular formula is C21H12ClNO4. The molecule has 0 aliphatic carbocycles. The summed E-state index contributed by atoms with van der Waals surface area (Å²) in [5, 5.41) is 0.752. The number of carbonyl (C=O) groups excluding carboxylic acids is 1. The molecule has 2 heterocycles. The summed E-state index contributed by atoms with van der Waals surface area (Å²) in [7, 11) is 0. The van der Waals surface area contributed by atoms with E-state index < -0.39 is 5.97 Å². The van der Waals surface area contributed by atoms with Crippen LogP contribution in [-0.4, -0.2) is 11.9 Å². The Hall–Kier alpha value is -3.44. The monoisotopic (exact) mass is 377 g/mol. The molecule has 4 rings (SSSR count). The van der Waals surface area contributed by atoms with E-state index >= 15 is 0 Å². The number of hydrogen-bond acceptors (Lipinski definition) is 5. The molecule has 0 saturated carbocycles. The lowest BCUT2D eigenvalue weighted by atomic mass is 10.1. The molecule has 0 radical (unpaired) electrons. The fourth-order valence-electron chi connectivity index (χ4n) is 2.59. The zero-order chi connectivity index (χ0) is 18.8. The van der Waals surface area contributed by atoms with Crippen molar-refractivity contribution in [1.29, 1.82) is 0 Å². The zero-order valence-electron chi connectivity index (χ0n) is 13.9. The number of benzene rings is 2. The van der Waals surface area contributed by atoms with E-state index in [4.69, 9.17) is 20.8 Å². The van der Waals surface area contributed by atoms with Crippen molar-refractivity contribution in [2.45, 2.75) is 0 Å². The molecule has 1 aliphatic rings. The number of esters is 1. The van der Waals surface area contributed by atoms with Crippen LogP contribution < -0.4 is 5.43 Å². The predicted molar refractivity (Wildman–Crippen MR) is 104 cm³/mol. The summed E-state index contributed by atoms with van der Waals surface area (Å²) in [5.41, 5.74) is 1.27. The van der Waals surface area contributed by atoms with Gasteiger partial charge in [-0.2, -0.15) is 0 Å². The molecule has 5 nitrogen and oxygen atoms in total. The van der Waals surface area contributed by atoms with Gasteiger partial charge in [0.15, 0.2) is 11.1 Å². The SMILES string of the molecule is O=C1OC(/C=C/c2ccccc2)=NC/1=C\c1coc2ccc(Cl)cc2c1=O. The molecule has 0 N–H and O–H groups in total. The standard InChI is InChI=1S/C21H12ClNO4/c22-15-7-8-18-16(11-15)20(24)14(12-26-18)10-17-21(25)27-19(23-17)9-6-13-4-2-1-3-5-13/h1-12H/b9-6+,17-10-. The number of fused-ring (bicyclic) bond motifs is 1. The summed E-state index contributed by atoms with van der Waals surface area (Å²) in [6.07, 6.45) is 6.00. The van der Waals surface area contributed by atoms with Crippen LogP contribution in [0.2, 0.25) is 5.02 Å². The van der Waals surface area contributed by atoms with E-state index in [1.165, 1.54) is 18.4 Å². The Labute approximate surface area is 158 Å². The highest BCUT2D eigenvalue weighted by atomic mass is 35.5. The smallest absolute Gasteiger partial charge is 0.363 e. The number of aliphatic imine (C=N–C) groups is 1. The van der Waals surface area contributed by atoms with Crippen LogP contribution in [0.3, 0.4) is 0 Å². The Morgan fingerprint density at radius 3 is 2.63 bits per heavy atom. The fraction of sp³-hybridized carbons (Fsp3) is 0. The van der Waals surface area contributed by atoms with Crippen molar-refractivity contribution in [3.8, 4) is 0 Å². The van der Waals surface area contributed by atoms with Crippen LogP contribution >= 0.6 is 11.6 Å². The number of rotatable bonds is 3. The van der Waals surface area contributed by atoms with Crippen molar-refractivity contribution in [2.24, 2.45) is 4.99 Å². The summed E-state index contributed by atoms with van der Waals surface area (Å²) in [6.45, 7) is 0. The van der Waals surface area contributed by atoms with E-state index in [1.807, 2.05) is 30.3 Å². The van der Waals surface area contributed by atoms with Gasteiger partial charge < -0.3 is 9.15 Å². The number of nitrogens with zero attached hydrogens (tertiary/aromatic N) is 1. The molecule has 3 aromatic rings. The fourth-order valence-corrected chi connectivity index (χ4v) is 2.77. The second-order valence-electron chi connectivity index (χ2n) is 5.77. The summed E-state index contributed by atoms with van der Waals surface area (Å²) < 4.78 is 10.6. The first-order valence-electron chi connectivity index (χ1n) is 8.07. The third-order valence-corrected chi connectivity index (χ3v) is 4.14. The molecule has 0 amide bonds. The van der Waals surface area contributed by atoms with Crippen LogP contribution in [0.5, 0.6) is 0 Å². The first-order chi connectivity index (χ1) is 13.1. The summed E-state index contributed by atoms with van der Waals surface area (Å²) >= 11 is 5.94. The van der Waals surface area contributed by atoms with E-state index in [9.17, 15) is 9.59 Å². The zero-order valence-corrected chi connectivity index (χ0v) is 14.6. The van der Waals surface area contributed by atoms with Gasteiger partial charge in [-0.3, -0.25) is 4.79 Å². The van der Waals surface area contributed by atoms with Crippen LogP contribution in [-0.2, 0) is 9.53 Å². The van der Waals surface area contributed by atoms with Gasteiger partial charge in [0.2, 0.25) is 5.90 Å². The van der Waals surface area contributed by atoms with E-state index in [0.29, 0.717) is 16.0 Å². The minimum absolute atomic E-state index is 0.0244. The predicted octanol–water partition coefficient (Wildman–Crippen LogP) is 4.46. The molecule has 1 aliphatic heterocycles. The highest BCUT2D eigenvalue weighted by Crippen LogP contribution is 2.20. The minimum atomic E-state index is -0.631. The van der Waals surface area contributed by atoms with Gasteiger partial charge >= 0.3 is 5.97 Å². The molecule has 0 saturated heterocycles. The number of ether oxygens (including phenoxy) is 1. The largest absolute Gasteiger partial charge is 0.463 e. The Balaban J connectivity index is 1.67. The summed E-state index contributed by atoms with van der Waals surface area (Å²) in [4.78, 5) is 28.8. The number of carbonyl (C=O) groups is 1. The van der Waals surface area contributed by atoms with Crippen molar-refractivity contribution in [2.75, 3.05) is 0 Å². The number of hydrogen-bond donors (Lipinski definition) is 0. The van der Waals surface area contributed by atoms with Crippen molar-refractivity contribution < 1.29 is 13.9 Å². The molecule has 0 atom stereocenters. The van der Waals surface area contributed by atoms with Crippen LogP contribution in [0.15, 0.2) is 80.8 Å². The maximum absolute atomic E-state index is 12.6. The highest BCUT2D eigenvalue weighted by molar-refractivity contribution is 6.31. The Kier molecular flexibility index (Phi) is 4.44. The van der Waals surface area contributed by atoms with E-state index in [1.54, 1.807) is 24.3 Å². The van der Waals surface area contributed by atoms with Gasteiger partial charge in [0, 0.05) is 11.1 Å². The van der Waals surface area contributed by atoms with Gasteiger partial charge in [0.25, 0.3) is 0 Å². The summed E-state index contributed by atoms with van der Waals surface area (Å²) in [6, 6.07) is 14.3. The number of halogens is 1.